The molecule has 0 bridgehead atoms. The summed E-state index contributed by atoms with van der Waals surface area (Å²) in [5.41, 5.74) is 0.927. The van der Waals surface area contributed by atoms with E-state index in [0.717, 1.165) is 5.56 Å². The molecule has 0 aliphatic carbocycles. The predicted octanol–water partition coefficient (Wildman–Crippen LogP) is 3.84. The summed E-state index contributed by atoms with van der Waals surface area (Å²) in [6.07, 6.45) is 5.95. The lowest BCUT2D eigenvalue weighted by Crippen LogP contribution is -2.28. The maximum atomic E-state index is 12.5. The molecule has 2 rings (SSSR count). The van der Waals surface area contributed by atoms with Crippen molar-refractivity contribution in [3.63, 3.8) is 0 Å². The second kappa shape index (κ2) is 7.73. The van der Waals surface area contributed by atoms with Gasteiger partial charge in [-0.2, -0.15) is 0 Å². The molecule has 1 unspecified atom stereocenters. The van der Waals surface area contributed by atoms with Crippen LogP contribution in [0.1, 0.15) is 18.0 Å². The molecule has 4 heteroatoms. The van der Waals surface area contributed by atoms with Crippen molar-refractivity contribution < 1.29 is 8.42 Å². The number of hydrogen-bond donors (Lipinski definition) is 1. The minimum absolute atomic E-state index is 0.267. The van der Waals surface area contributed by atoms with E-state index < -0.39 is 10.0 Å². The zero-order chi connectivity index (χ0) is 15.8. The Bertz CT molecular complexity index is 722. The van der Waals surface area contributed by atoms with E-state index >= 15 is 0 Å². The van der Waals surface area contributed by atoms with Crippen molar-refractivity contribution in [3.8, 4) is 0 Å². The average Bonchev–Trinajstić information content (AvgIpc) is 2.56. The van der Waals surface area contributed by atoms with E-state index in [1.54, 1.807) is 36.4 Å². The molecule has 0 heterocycles. The van der Waals surface area contributed by atoms with Crippen LogP contribution in [0.2, 0.25) is 0 Å². The summed E-state index contributed by atoms with van der Waals surface area (Å²) in [4.78, 5) is 0.267. The topological polar surface area (TPSA) is 46.2 Å². The molecule has 0 saturated carbocycles. The van der Waals surface area contributed by atoms with Crippen LogP contribution in [0, 0.1) is 0 Å². The van der Waals surface area contributed by atoms with Crippen LogP contribution in [0.15, 0.2) is 90.4 Å². The molecule has 0 amide bonds. The van der Waals surface area contributed by atoms with E-state index in [1.165, 1.54) is 0 Å². The summed E-state index contributed by atoms with van der Waals surface area (Å²) in [7, 11) is -3.55. The first-order valence-electron chi connectivity index (χ1n) is 7.03. The molecule has 0 aromatic heterocycles. The summed E-state index contributed by atoms with van der Waals surface area (Å²) in [6.45, 7) is 3.63. The Hall–Kier alpha value is -2.17. The second-order valence-electron chi connectivity index (χ2n) is 4.80. The van der Waals surface area contributed by atoms with E-state index in [-0.39, 0.29) is 10.9 Å². The van der Waals surface area contributed by atoms with Crippen LogP contribution in [0.5, 0.6) is 0 Å². The molecule has 0 spiro atoms. The summed E-state index contributed by atoms with van der Waals surface area (Å²) in [5.74, 6) is 0. The molecule has 2 aromatic rings. The zero-order valence-electron chi connectivity index (χ0n) is 12.2. The number of rotatable bonds is 7. The van der Waals surface area contributed by atoms with Gasteiger partial charge in [0.05, 0.1) is 10.9 Å². The fourth-order valence-electron chi connectivity index (χ4n) is 2.10. The van der Waals surface area contributed by atoms with Crippen molar-refractivity contribution in [3.05, 3.63) is 91.0 Å². The van der Waals surface area contributed by atoms with E-state index in [9.17, 15) is 8.42 Å². The summed E-state index contributed by atoms with van der Waals surface area (Å²) >= 11 is 0. The number of allylic oxidation sites excluding steroid dienone is 2. The van der Waals surface area contributed by atoms with Crippen LogP contribution < -0.4 is 4.72 Å². The Labute approximate surface area is 132 Å². The van der Waals surface area contributed by atoms with Gasteiger partial charge in [0.15, 0.2) is 0 Å². The number of sulfonamides is 1. The van der Waals surface area contributed by atoms with Gasteiger partial charge in [-0.3, -0.25) is 0 Å². The van der Waals surface area contributed by atoms with E-state index in [1.807, 2.05) is 42.5 Å². The quantitative estimate of drug-likeness (QED) is 0.789. The smallest absolute Gasteiger partial charge is 0.207 e. The van der Waals surface area contributed by atoms with Gasteiger partial charge in [-0.25, -0.2) is 13.1 Å². The molecule has 1 atom stereocenters. The first-order valence-corrected chi connectivity index (χ1v) is 8.51. The number of nitrogens with one attached hydrogen (secondary N) is 1. The van der Waals surface area contributed by atoms with Gasteiger partial charge < -0.3 is 0 Å². The van der Waals surface area contributed by atoms with Crippen molar-refractivity contribution >= 4 is 10.0 Å². The number of benzene rings is 2. The molecule has 1 N–H and O–H groups in total. The molecule has 0 fully saturated rings. The van der Waals surface area contributed by atoms with Crippen LogP contribution in [-0.4, -0.2) is 8.42 Å². The van der Waals surface area contributed by atoms with Crippen LogP contribution in [0.4, 0.5) is 0 Å². The van der Waals surface area contributed by atoms with Gasteiger partial charge >= 0.3 is 0 Å². The monoisotopic (exact) mass is 313 g/mol. The van der Waals surface area contributed by atoms with Crippen molar-refractivity contribution in [2.45, 2.75) is 17.4 Å². The van der Waals surface area contributed by atoms with Gasteiger partial charge in [-0.1, -0.05) is 73.3 Å². The largest absolute Gasteiger partial charge is 0.241 e. The Morgan fingerprint density at radius 3 is 2.18 bits per heavy atom. The molecule has 0 radical (unpaired) electrons. The Morgan fingerprint density at radius 1 is 1.00 bits per heavy atom. The molecule has 0 aliphatic heterocycles. The van der Waals surface area contributed by atoms with Crippen LogP contribution in [-0.2, 0) is 10.0 Å². The third-order valence-electron chi connectivity index (χ3n) is 3.20. The fourth-order valence-corrected chi connectivity index (χ4v) is 3.36. The Kier molecular flexibility index (Phi) is 5.69. The summed E-state index contributed by atoms with van der Waals surface area (Å²) in [5, 5.41) is 0. The fraction of sp³-hybridized carbons (Fsp3) is 0.111. The maximum absolute atomic E-state index is 12.5. The van der Waals surface area contributed by atoms with Gasteiger partial charge in [0.2, 0.25) is 10.0 Å². The third kappa shape index (κ3) is 4.41. The van der Waals surface area contributed by atoms with E-state index in [2.05, 4.69) is 11.3 Å². The SMILES string of the molecule is C=C/C=C/CC(NS(=O)(=O)c1ccccc1)c1ccccc1. The minimum atomic E-state index is -3.55. The third-order valence-corrected chi connectivity index (χ3v) is 4.68. The van der Waals surface area contributed by atoms with Crippen LogP contribution in [0.25, 0.3) is 0 Å². The van der Waals surface area contributed by atoms with E-state index in [0.29, 0.717) is 6.42 Å². The van der Waals surface area contributed by atoms with Gasteiger partial charge in [-0.05, 0) is 24.1 Å². The first-order chi connectivity index (χ1) is 10.6. The zero-order valence-corrected chi connectivity index (χ0v) is 13.0. The lowest BCUT2D eigenvalue weighted by Gasteiger charge is -2.18. The van der Waals surface area contributed by atoms with E-state index in [4.69, 9.17) is 0 Å². The predicted molar refractivity (Wildman–Crippen MR) is 89.9 cm³/mol. The lowest BCUT2D eigenvalue weighted by atomic mass is 10.0. The molecule has 2 aromatic carbocycles. The molecular weight excluding hydrogens is 294 g/mol. The minimum Gasteiger partial charge on any atom is -0.207 e. The van der Waals surface area contributed by atoms with Gasteiger partial charge in [0, 0.05) is 0 Å². The van der Waals surface area contributed by atoms with Crippen LogP contribution >= 0.6 is 0 Å². The molecule has 3 nitrogen and oxygen atoms in total. The second-order valence-corrected chi connectivity index (χ2v) is 6.51. The molecule has 0 saturated heterocycles. The van der Waals surface area contributed by atoms with Crippen molar-refractivity contribution in [1.82, 2.24) is 4.72 Å². The van der Waals surface area contributed by atoms with Gasteiger partial charge in [0.1, 0.15) is 0 Å². The molecular formula is C18H19NO2S. The van der Waals surface area contributed by atoms with Crippen molar-refractivity contribution in [2.75, 3.05) is 0 Å². The molecule has 0 aliphatic rings. The van der Waals surface area contributed by atoms with Crippen molar-refractivity contribution in [2.24, 2.45) is 0 Å². The van der Waals surface area contributed by atoms with Gasteiger partial charge in [0.25, 0.3) is 0 Å². The maximum Gasteiger partial charge on any atom is 0.241 e. The van der Waals surface area contributed by atoms with Crippen LogP contribution in [0.3, 0.4) is 0 Å². The lowest BCUT2D eigenvalue weighted by molar-refractivity contribution is 0.557. The summed E-state index contributed by atoms with van der Waals surface area (Å²) < 4.78 is 27.8. The Balaban J connectivity index is 2.26. The number of hydrogen-bond acceptors (Lipinski definition) is 2. The highest BCUT2D eigenvalue weighted by molar-refractivity contribution is 7.89. The first kappa shape index (κ1) is 16.2. The highest BCUT2D eigenvalue weighted by atomic mass is 32.2. The normalized spacial score (nSPS) is 13.1. The van der Waals surface area contributed by atoms with Gasteiger partial charge in [-0.15, -0.1) is 0 Å². The summed E-state index contributed by atoms with van der Waals surface area (Å²) in [6, 6.07) is 17.6. The van der Waals surface area contributed by atoms with Crippen molar-refractivity contribution in [1.29, 1.82) is 0 Å². The Morgan fingerprint density at radius 2 is 1.59 bits per heavy atom. The standard InChI is InChI=1S/C18H19NO2S/c1-2-3-6-15-18(16-11-7-4-8-12-16)19-22(20,21)17-13-9-5-10-14-17/h2-14,18-19H,1,15H2/b6-3+. The highest BCUT2D eigenvalue weighted by Gasteiger charge is 2.20. The highest BCUT2D eigenvalue weighted by Crippen LogP contribution is 2.20. The average molecular weight is 313 g/mol. The molecule has 114 valence electrons. The molecule has 22 heavy (non-hydrogen) atoms.